The fraction of sp³-hybridized carbons (Fsp3) is 1.00. The highest BCUT2D eigenvalue weighted by molar-refractivity contribution is 6.44. The molecule has 1 fully saturated rings. The molecule has 1 atom stereocenters. The van der Waals surface area contributed by atoms with Gasteiger partial charge in [-0.05, 0) is 45.7 Å². The predicted octanol–water partition coefficient (Wildman–Crippen LogP) is 0.215. The molecule has 1 saturated heterocycles. The summed E-state index contributed by atoms with van der Waals surface area (Å²) in [5.41, 5.74) is 11.0. The molecule has 0 aromatic heterocycles. The molecule has 0 amide bonds. The number of nitrogens with one attached hydrogen (secondary N) is 1. The van der Waals surface area contributed by atoms with Crippen molar-refractivity contribution in [1.82, 2.24) is 5.32 Å². The first-order valence-electron chi connectivity index (χ1n) is 9.48. The van der Waals surface area contributed by atoms with Crippen molar-refractivity contribution in [1.29, 1.82) is 0 Å². The number of hydrogen-bond acceptors (Lipinski definition) is 8. The molecular weight excluding hydrogens is 370 g/mol. The molecule has 0 bridgehead atoms. The van der Waals surface area contributed by atoms with E-state index in [1.807, 2.05) is 13.8 Å². The summed E-state index contributed by atoms with van der Waals surface area (Å²) in [5, 5.41) is 3.16. The number of nitrogens with two attached hydrogens (primary N) is 2. The predicted molar refractivity (Wildman–Crippen MR) is 112 cm³/mol. The minimum Gasteiger partial charge on any atom is -0.397 e. The van der Waals surface area contributed by atoms with Gasteiger partial charge >= 0.3 is 18.8 Å². The largest absolute Gasteiger partial charge is 0.483 e. The van der Waals surface area contributed by atoms with Crippen molar-refractivity contribution in [2.45, 2.75) is 45.7 Å². The van der Waals surface area contributed by atoms with Crippen LogP contribution in [0.3, 0.4) is 0 Å². The van der Waals surface area contributed by atoms with E-state index >= 15 is 0 Å². The maximum atomic E-state index is 5.56. The van der Waals surface area contributed by atoms with Gasteiger partial charge in [0, 0.05) is 53.7 Å². The second-order valence-corrected chi connectivity index (χ2v) is 9.99. The second kappa shape index (κ2) is 21.4. The Morgan fingerprint density at radius 1 is 1.00 bits per heavy atom. The Morgan fingerprint density at radius 3 is 1.69 bits per heavy atom. The molecule has 8 nitrogen and oxygen atoms in total. The van der Waals surface area contributed by atoms with Gasteiger partial charge in [-0.2, -0.15) is 0 Å². The Balaban J connectivity index is 0. The van der Waals surface area contributed by atoms with Crippen molar-refractivity contribution in [3.8, 4) is 0 Å². The topological polar surface area (TPSA) is 110 Å². The molecule has 1 aliphatic rings. The summed E-state index contributed by atoms with van der Waals surface area (Å²) < 4.78 is 25.2. The number of rotatable bonds is 12. The highest BCUT2D eigenvalue weighted by atomic mass is 28.3. The van der Waals surface area contributed by atoms with Crippen molar-refractivity contribution in [2.75, 3.05) is 54.2 Å². The van der Waals surface area contributed by atoms with Gasteiger partial charge in [-0.25, -0.2) is 0 Å². The minimum atomic E-state index is -1.67. The van der Waals surface area contributed by atoms with E-state index < -0.39 is 18.8 Å². The normalized spacial score (nSPS) is 15.0. The van der Waals surface area contributed by atoms with Gasteiger partial charge < -0.3 is 38.9 Å². The van der Waals surface area contributed by atoms with Crippen LogP contribution in [0.1, 0.15) is 33.6 Å². The Bertz CT molecular complexity index is 260. The van der Waals surface area contributed by atoms with Gasteiger partial charge in [0.1, 0.15) is 0 Å². The van der Waals surface area contributed by atoms with Gasteiger partial charge in [0.15, 0.2) is 0 Å². The Kier molecular flexibility index (Phi) is 23.3. The molecule has 0 aliphatic carbocycles. The molecule has 1 unspecified atom stereocenters. The lowest BCUT2D eigenvalue weighted by Crippen LogP contribution is -2.50. The van der Waals surface area contributed by atoms with Crippen LogP contribution in [0.4, 0.5) is 0 Å². The van der Waals surface area contributed by atoms with Crippen LogP contribution in [0.15, 0.2) is 0 Å². The fourth-order valence-corrected chi connectivity index (χ4v) is 4.39. The quantitative estimate of drug-likeness (QED) is 0.308. The highest BCUT2D eigenvalue weighted by Gasteiger charge is 2.19. The summed E-state index contributed by atoms with van der Waals surface area (Å²) in [6.07, 6.45) is 2.23. The van der Waals surface area contributed by atoms with Gasteiger partial charge in [0.2, 0.25) is 0 Å². The van der Waals surface area contributed by atoms with E-state index in [1.54, 1.807) is 21.3 Å². The summed E-state index contributed by atoms with van der Waals surface area (Å²) in [6, 6.07) is 1.49. The van der Waals surface area contributed by atoms with Crippen LogP contribution < -0.4 is 16.8 Å². The standard InChI is InChI=1S/C8H21NO2Si.C5H12N2.C3H10O3Si/c1-3-10-12(11-4-2)8-6-5-7-9;1-4(6)5-2-7-3-5;1-4-7(5-2)6-3/h12H,3-9H2,1-2H3;4-5,7H,2-3,6H2,1H3;7H,1-3H3. The molecule has 160 valence electrons. The Hall–Kier alpha value is 0.114. The highest BCUT2D eigenvalue weighted by Crippen LogP contribution is 2.05. The van der Waals surface area contributed by atoms with E-state index in [0.717, 1.165) is 57.7 Å². The first-order chi connectivity index (χ1) is 12.5. The first-order valence-corrected chi connectivity index (χ1v) is 12.7. The minimum absolute atomic E-state index is 0.390. The lowest BCUT2D eigenvalue weighted by Gasteiger charge is -2.30. The summed E-state index contributed by atoms with van der Waals surface area (Å²) in [6.45, 7) is 10.7. The van der Waals surface area contributed by atoms with Gasteiger partial charge in [-0.1, -0.05) is 6.42 Å². The molecule has 1 heterocycles. The van der Waals surface area contributed by atoms with Crippen LogP contribution in [0.2, 0.25) is 6.04 Å². The molecule has 0 aromatic carbocycles. The monoisotopic (exact) mass is 413 g/mol. The molecule has 10 heteroatoms. The molecule has 1 aliphatic heterocycles. The van der Waals surface area contributed by atoms with Gasteiger partial charge in [0.05, 0.1) is 0 Å². The van der Waals surface area contributed by atoms with Crippen molar-refractivity contribution in [3.05, 3.63) is 0 Å². The number of unbranched alkanes of at least 4 members (excludes halogenated alkanes) is 1. The lowest BCUT2D eigenvalue weighted by atomic mass is 9.96. The van der Waals surface area contributed by atoms with Crippen LogP contribution in [-0.2, 0) is 22.1 Å². The van der Waals surface area contributed by atoms with Gasteiger partial charge in [0.25, 0.3) is 0 Å². The average molecular weight is 414 g/mol. The van der Waals surface area contributed by atoms with Gasteiger partial charge in [-0.15, -0.1) is 0 Å². The van der Waals surface area contributed by atoms with Crippen molar-refractivity contribution in [2.24, 2.45) is 17.4 Å². The smallest absolute Gasteiger partial charge is 0.397 e. The Labute approximate surface area is 164 Å². The van der Waals surface area contributed by atoms with Crippen molar-refractivity contribution in [3.63, 3.8) is 0 Å². The fourth-order valence-electron chi connectivity index (χ4n) is 2.01. The third kappa shape index (κ3) is 17.5. The molecule has 0 radical (unpaired) electrons. The van der Waals surface area contributed by atoms with Crippen molar-refractivity contribution < 1.29 is 22.1 Å². The third-order valence-electron chi connectivity index (χ3n) is 3.73. The van der Waals surface area contributed by atoms with Crippen LogP contribution in [0.25, 0.3) is 0 Å². The van der Waals surface area contributed by atoms with E-state index in [1.165, 1.54) is 0 Å². The number of hydrogen-bond donors (Lipinski definition) is 3. The first kappa shape index (κ1) is 28.3. The van der Waals surface area contributed by atoms with Crippen LogP contribution >= 0.6 is 0 Å². The Morgan fingerprint density at radius 2 is 1.50 bits per heavy atom. The van der Waals surface area contributed by atoms with Crippen LogP contribution in [0, 0.1) is 5.92 Å². The molecule has 0 aromatic rings. The maximum absolute atomic E-state index is 5.56. The maximum Gasteiger partial charge on any atom is 0.483 e. The zero-order valence-corrected chi connectivity index (χ0v) is 20.0. The average Bonchev–Trinajstić information content (AvgIpc) is 2.56. The van der Waals surface area contributed by atoms with E-state index in [-0.39, 0.29) is 0 Å². The van der Waals surface area contributed by atoms with E-state index in [9.17, 15) is 0 Å². The lowest BCUT2D eigenvalue weighted by molar-refractivity contribution is 0.163. The molecule has 26 heavy (non-hydrogen) atoms. The van der Waals surface area contributed by atoms with Crippen LogP contribution in [-0.4, -0.2) is 79.0 Å². The summed E-state index contributed by atoms with van der Waals surface area (Å²) in [5.74, 6) is 0.750. The zero-order chi connectivity index (χ0) is 20.2. The molecular formula is C16H43N3O5Si2. The molecule has 0 spiro atoms. The van der Waals surface area contributed by atoms with E-state index in [4.69, 9.17) is 33.6 Å². The SMILES string of the molecule is CC(N)C1CNC1.CCO[SiH](CCCCN)OCC.CO[SiH](OC)OC. The van der Waals surface area contributed by atoms with Crippen molar-refractivity contribution >= 4 is 18.8 Å². The summed E-state index contributed by atoms with van der Waals surface area (Å²) in [4.78, 5) is 0. The summed E-state index contributed by atoms with van der Waals surface area (Å²) >= 11 is 0. The summed E-state index contributed by atoms with van der Waals surface area (Å²) in [7, 11) is 1.73. The van der Waals surface area contributed by atoms with Gasteiger partial charge in [-0.3, -0.25) is 0 Å². The molecule has 1 rings (SSSR count). The second-order valence-electron chi connectivity index (χ2n) is 5.90. The molecule has 5 N–H and O–H groups in total. The third-order valence-corrected chi connectivity index (χ3v) is 7.18. The zero-order valence-electron chi connectivity index (χ0n) is 17.7. The van der Waals surface area contributed by atoms with E-state index in [0.29, 0.717) is 6.04 Å². The van der Waals surface area contributed by atoms with Crippen LogP contribution in [0.5, 0.6) is 0 Å². The molecule has 0 saturated carbocycles. The van der Waals surface area contributed by atoms with E-state index in [2.05, 4.69) is 12.2 Å².